The number of aromatic nitrogens is 3. The molecule has 2 heterocycles. The molecule has 0 aliphatic heterocycles. The number of benzene rings is 1. The van der Waals surface area contributed by atoms with Crippen LogP contribution in [0.4, 0.5) is 0 Å². The van der Waals surface area contributed by atoms with Crippen LogP contribution >= 0.6 is 0 Å². The van der Waals surface area contributed by atoms with Crippen LogP contribution in [0.5, 0.6) is 0 Å². The van der Waals surface area contributed by atoms with Gasteiger partial charge in [-0.1, -0.05) is 26.2 Å². The highest BCUT2D eigenvalue weighted by Crippen LogP contribution is 2.33. The van der Waals surface area contributed by atoms with E-state index in [-0.39, 0.29) is 11.5 Å². The zero-order chi connectivity index (χ0) is 19.0. The molecule has 1 aromatic carbocycles. The molecule has 4 rings (SSSR count). The number of carbonyl (C=O) groups is 1. The summed E-state index contributed by atoms with van der Waals surface area (Å²) >= 11 is 0. The third-order valence-corrected chi connectivity index (χ3v) is 5.63. The Hall–Kier alpha value is -2.63. The summed E-state index contributed by atoms with van der Waals surface area (Å²) in [5.74, 6) is 1.34. The fraction of sp³-hybridized carbons (Fsp3) is 0.476. The number of fused-ring (bicyclic) bond motifs is 3. The van der Waals surface area contributed by atoms with Crippen molar-refractivity contribution >= 4 is 22.5 Å². The van der Waals surface area contributed by atoms with Crippen molar-refractivity contribution in [2.24, 2.45) is 0 Å². The van der Waals surface area contributed by atoms with E-state index in [1.807, 2.05) is 23.5 Å². The number of nitrogens with zero attached hydrogens (tertiary/aromatic N) is 3. The summed E-state index contributed by atoms with van der Waals surface area (Å²) in [5, 5.41) is 0. The molecule has 142 valence electrons. The summed E-state index contributed by atoms with van der Waals surface area (Å²) in [7, 11) is 1.80. The molecule has 6 heteroatoms. The molecular weight excluding hydrogens is 340 g/mol. The van der Waals surface area contributed by atoms with Gasteiger partial charge in [-0.3, -0.25) is 14.0 Å². The highest BCUT2D eigenvalue weighted by Gasteiger charge is 2.22. The average molecular weight is 366 g/mol. The molecule has 0 atom stereocenters. The lowest BCUT2D eigenvalue weighted by atomic mass is 9.89. The molecule has 2 aromatic heterocycles. The molecule has 1 amide bonds. The van der Waals surface area contributed by atoms with E-state index in [1.54, 1.807) is 24.2 Å². The molecule has 0 bridgehead atoms. The Morgan fingerprint density at radius 2 is 2.04 bits per heavy atom. The van der Waals surface area contributed by atoms with Crippen molar-refractivity contribution < 1.29 is 4.79 Å². The molecule has 1 aliphatic carbocycles. The number of rotatable bonds is 4. The Balaban J connectivity index is 1.84. The van der Waals surface area contributed by atoms with Gasteiger partial charge >= 0.3 is 0 Å². The zero-order valence-corrected chi connectivity index (χ0v) is 16.0. The number of hydrogen-bond donors (Lipinski definition) is 1. The van der Waals surface area contributed by atoms with Gasteiger partial charge in [0, 0.05) is 25.1 Å². The maximum Gasteiger partial charge on any atom is 0.274 e. The quantitative estimate of drug-likeness (QED) is 0.765. The van der Waals surface area contributed by atoms with Crippen molar-refractivity contribution in [3.8, 4) is 0 Å². The number of carbonyl (C=O) groups excluding carboxylic acids is 1. The number of imidazole rings is 1. The molecule has 0 unspecified atom stereocenters. The minimum absolute atomic E-state index is 0.0298. The molecule has 1 fully saturated rings. The van der Waals surface area contributed by atoms with Crippen molar-refractivity contribution in [3.05, 3.63) is 46.1 Å². The van der Waals surface area contributed by atoms with E-state index in [1.165, 1.54) is 19.3 Å². The second-order valence-electron chi connectivity index (χ2n) is 7.58. The minimum Gasteiger partial charge on any atom is -0.342 e. The van der Waals surface area contributed by atoms with Gasteiger partial charge in [-0.2, -0.15) is 0 Å². The molecule has 0 saturated heterocycles. The first-order valence-electron chi connectivity index (χ1n) is 9.89. The second kappa shape index (κ2) is 7.18. The maximum absolute atomic E-state index is 12.6. The molecule has 6 nitrogen and oxygen atoms in total. The summed E-state index contributed by atoms with van der Waals surface area (Å²) in [6, 6.07) is 5.56. The first-order valence-corrected chi connectivity index (χ1v) is 9.89. The van der Waals surface area contributed by atoms with Crippen LogP contribution in [0.2, 0.25) is 0 Å². The third-order valence-electron chi connectivity index (χ3n) is 5.63. The first kappa shape index (κ1) is 17.8. The van der Waals surface area contributed by atoms with Crippen LogP contribution in [0.3, 0.4) is 0 Å². The fourth-order valence-electron chi connectivity index (χ4n) is 4.24. The number of nitrogens with one attached hydrogen (secondary N) is 1. The van der Waals surface area contributed by atoms with Gasteiger partial charge in [0.2, 0.25) is 0 Å². The monoisotopic (exact) mass is 366 g/mol. The summed E-state index contributed by atoms with van der Waals surface area (Å²) < 4.78 is 1.99. The standard InChI is InChI=1S/C21H26N4O2/c1-3-11-24(2)21(27)15-9-10-17-16(12-15)23-20(26)18-13-22-19(25(17)18)14-7-5-4-6-8-14/h9-10,12-14H,3-8,11H2,1-2H3,(H,23,26). The van der Waals surface area contributed by atoms with Crippen LogP contribution in [0.1, 0.15) is 67.5 Å². The van der Waals surface area contributed by atoms with E-state index in [4.69, 9.17) is 0 Å². The number of amides is 1. The summed E-state index contributed by atoms with van der Waals surface area (Å²) in [5.41, 5.74) is 2.58. The van der Waals surface area contributed by atoms with Crippen molar-refractivity contribution in [1.82, 2.24) is 19.3 Å². The minimum atomic E-state index is -0.163. The van der Waals surface area contributed by atoms with Crippen molar-refractivity contribution in [2.75, 3.05) is 13.6 Å². The fourth-order valence-corrected chi connectivity index (χ4v) is 4.24. The van der Waals surface area contributed by atoms with E-state index in [0.717, 1.165) is 30.6 Å². The molecule has 1 N–H and O–H groups in total. The molecule has 3 aromatic rings. The van der Waals surface area contributed by atoms with Gasteiger partial charge in [0.15, 0.2) is 0 Å². The van der Waals surface area contributed by atoms with Gasteiger partial charge in [-0.25, -0.2) is 4.98 Å². The molecule has 27 heavy (non-hydrogen) atoms. The second-order valence-corrected chi connectivity index (χ2v) is 7.58. The van der Waals surface area contributed by atoms with Crippen molar-refractivity contribution in [1.29, 1.82) is 0 Å². The number of hydrogen-bond acceptors (Lipinski definition) is 3. The summed E-state index contributed by atoms with van der Waals surface area (Å²) in [4.78, 5) is 34.4. The molecule has 1 saturated carbocycles. The third kappa shape index (κ3) is 3.13. The Bertz CT molecular complexity index is 1040. The van der Waals surface area contributed by atoms with Crippen LogP contribution in [0.25, 0.3) is 16.6 Å². The molecule has 0 spiro atoms. The van der Waals surface area contributed by atoms with Gasteiger partial charge in [-0.05, 0) is 37.5 Å². The van der Waals surface area contributed by atoms with Crippen LogP contribution < -0.4 is 5.56 Å². The lowest BCUT2D eigenvalue weighted by Crippen LogP contribution is -2.27. The highest BCUT2D eigenvalue weighted by molar-refractivity contribution is 5.97. The largest absolute Gasteiger partial charge is 0.342 e. The Morgan fingerprint density at radius 3 is 2.78 bits per heavy atom. The Morgan fingerprint density at radius 1 is 1.26 bits per heavy atom. The van der Waals surface area contributed by atoms with E-state index >= 15 is 0 Å². The van der Waals surface area contributed by atoms with Crippen molar-refractivity contribution in [2.45, 2.75) is 51.4 Å². The smallest absolute Gasteiger partial charge is 0.274 e. The van der Waals surface area contributed by atoms with Crippen LogP contribution in [0, 0.1) is 0 Å². The molecular formula is C21H26N4O2. The molecule has 1 aliphatic rings. The average Bonchev–Trinajstić information content (AvgIpc) is 3.14. The van der Waals surface area contributed by atoms with Crippen LogP contribution in [-0.2, 0) is 0 Å². The highest BCUT2D eigenvalue weighted by atomic mass is 16.2. The Labute approximate surface area is 158 Å². The first-order chi connectivity index (χ1) is 13.1. The zero-order valence-electron chi connectivity index (χ0n) is 16.0. The number of aromatic amines is 1. The normalized spacial score (nSPS) is 15.5. The van der Waals surface area contributed by atoms with Gasteiger partial charge < -0.3 is 9.88 Å². The van der Waals surface area contributed by atoms with E-state index in [0.29, 0.717) is 29.1 Å². The van der Waals surface area contributed by atoms with Gasteiger partial charge in [0.25, 0.3) is 11.5 Å². The maximum atomic E-state index is 12.6. The topological polar surface area (TPSA) is 70.5 Å². The van der Waals surface area contributed by atoms with E-state index in [2.05, 4.69) is 9.97 Å². The van der Waals surface area contributed by atoms with Crippen LogP contribution in [0.15, 0.2) is 29.2 Å². The predicted octanol–water partition coefficient (Wildman–Crippen LogP) is 3.71. The van der Waals surface area contributed by atoms with Crippen molar-refractivity contribution in [3.63, 3.8) is 0 Å². The number of H-pyrrole nitrogens is 1. The van der Waals surface area contributed by atoms with Gasteiger partial charge in [0.05, 0.1) is 17.2 Å². The van der Waals surface area contributed by atoms with Crippen LogP contribution in [-0.4, -0.2) is 38.8 Å². The Kier molecular flexibility index (Phi) is 4.72. The predicted molar refractivity (Wildman–Crippen MR) is 106 cm³/mol. The SMILES string of the molecule is CCCN(C)C(=O)c1ccc2c(c1)[nH]c(=O)c1cnc(C3CCCCC3)n12. The summed E-state index contributed by atoms with van der Waals surface area (Å²) in [6.45, 7) is 2.75. The summed E-state index contributed by atoms with van der Waals surface area (Å²) in [6.07, 6.45) is 8.52. The molecule has 0 radical (unpaired) electrons. The van der Waals surface area contributed by atoms with Gasteiger partial charge in [-0.15, -0.1) is 0 Å². The van der Waals surface area contributed by atoms with E-state index < -0.39 is 0 Å². The van der Waals surface area contributed by atoms with E-state index in [9.17, 15) is 9.59 Å². The van der Waals surface area contributed by atoms with Gasteiger partial charge in [0.1, 0.15) is 11.3 Å². The lowest BCUT2D eigenvalue weighted by molar-refractivity contribution is 0.0795. The lowest BCUT2D eigenvalue weighted by Gasteiger charge is -2.21.